The highest BCUT2D eigenvalue weighted by Crippen LogP contribution is 2.51. The molecule has 0 bridgehead atoms. The molecule has 0 spiro atoms. The second-order valence-corrected chi connectivity index (χ2v) is 5.23. The van der Waals surface area contributed by atoms with E-state index >= 15 is 0 Å². The summed E-state index contributed by atoms with van der Waals surface area (Å²) in [5.74, 6) is 1.66. The van der Waals surface area contributed by atoms with Gasteiger partial charge in [-0.1, -0.05) is 48.0 Å². The van der Waals surface area contributed by atoms with E-state index in [1.807, 2.05) is 72.8 Å². The molecule has 0 amide bonds. The Kier molecular flexibility index (Phi) is 2.83. The molecule has 102 valence electrons. The summed E-state index contributed by atoms with van der Waals surface area (Å²) < 4.78 is 5.98. The van der Waals surface area contributed by atoms with Gasteiger partial charge in [0.1, 0.15) is 0 Å². The van der Waals surface area contributed by atoms with Crippen LogP contribution in [0.1, 0.15) is 0 Å². The Hall–Kier alpha value is -2.45. The number of hydrogen-bond donors (Lipinski definition) is 0. The maximum Gasteiger partial charge on any atom is 0.151 e. The number of nitrogens with zero attached hydrogens (tertiary/aromatic N) is 1. The first-order valence-electron chi connectivity index (χ1n) is 6.75. The fraction of sp³-hybridized carbons (Fsp3) is 0. The summed E-state index contributed by atoms with van der Waals surface area (Å²) in [7, 11) is 0. The molecule has 2 nitrogen and oxygen atoms in total. The van der Waals surface area contributed by atoms with Crippen LogP contribution >= 0.6 is 11.6 Å². The molecule has 1 heterocycles. The summed E-state index contributed by atoms with van der Waals surface area (Å²) in [6, 6.07) is 23.8. The Morgan fingerprint density at radius 3 is 1.67 bits per heavy atom. The van der Waals surface area contributed by atoms with Crippen LogP contribution in [0.2, 0.25) is 5.02 Å². The predicted molar refractivity (Wildman–Crippen MR) is 86.2 cm³/mol. The molecule has 0 N–H and O–H groups in total. The minimum atomic E-state index is 0.712. The van der Waals surface area contributed by atoms with Crippen molar-refractivity contribution in [2.24, 2.45) is 0 Å². The molecular weight excluding hydrogens is 282 g/mol. The van der Waals surface area contributed by atoms with E-state index in [1.54, 1.807) is 0 Å². The van der Waals surface area contributed by atoms with Crippen molar-refractivity contribution in [1.82, 2.24) is 0 Å². The average molecular weight is 294 g/mol. The van der Waals surface area contributed by atoms with Gasteiger partial charge < -0.3 is 9.64 Å². The molecule has 0 aromatic heterocycles. The Bertz CT molecular complexity index is 755. The predicted octanol–water partition coefficient (Wildman–Crippen LogP) is 5.92. The van der Waals surface area contributed by atoms with Gasteiger partial charge in [0, 0.05) is 0 Å². The minimum Gasteiger partial charge on any atom is -0.453 e. The van der Waals surface area contributed by atoms with E-state index in [0.717, 1.165) is 28.6 Å². The van der Waals surface area contributed by atoms with Crippen LogP contribution in [0, 0.1) is 0 Å². The van der Waals surface area contributed by atoms with Crippen LogP contribution in [0.25, 0.3) is 0 Å². The third-order valence-electron chi connectivity index (χ3n) is 3.53. The van der Waals surface area contributed by atoms with Gasteiger partial charge in [0.15, 0.2) is 11.5 Å². The first kappa shape index (κ1) is 12.3. The molecule has 3 heteroatoms. The maximum absolute atomic E-state index is 6.41. The summed E-state index contributed by atoms with van der Waals surface area (Å²) in [5, 5.41) is 0.712. The molecule has 0 fully saturated rings. The van der Waals surface area contributed by atoms with E-state index in [0.29, 0.717) is 5.02 Å². The fourth-order valence-electron chi connectivity index (χ4n) is 2.60. The largest absolute Gasteiger partial charge is 0.453 e. The Morgan fingerprint density at radius 2 is 1.10 bits per heavy atom. The molecule has 1 aliphatic rings. The summed E-state index contributed by atoms with van der Waals surface area (Å²) >= 11 is 6.41. The zero-order valence-electron chi connectivity index (χ0n) is 11.2. The van der Waals surface area contributed by atoms with Crippen LogP contribution < -0.4 is 9.64 Å². The molecular formula is C18H12ClNO. The Morgan fingerprint density at radius 1 is 0.619 bits per heavy atom. The lowest BCUT2D eigenvalue weighted by Crippen LogP contribution is -2.15. The highest BCUT2D eigenvalue weighted by molar-refractivity contribution is 6.33. The molecule has 0 saturated carbocycles. The van der Waals surface area contributed by atoms with Gasteiger partial charge in [-0.3, -0.25) is 0 Å². The Balaban J connectivity index is 2.00. The summed E-state index contributed by atoms with van der Waals surface area (Å²) in [4.78, 5) is 2.14. The zero-order valence-corrected chi connectivity index (χ0v) is 11.9. The van der Waals surface area contributed by atoms with Gasteiger partial charge in [-0.15, -0.1) is 0 Å². The van der Waals surface area contributed by atoms with Gasteiger partial charge in [0.25, 0.3) is 0 Å². The van der Waals surface area contributed by atoms with E-state index in [4.69, 9.17) is 16.3 Å². The number of halogens is 1. The number of hydrogen-bond acceptors (Lipinski definition) is 2. The van der Waals surface area contributed by atoms with E-state index in [1.165, 1.54) is 0 Å². The van der Waals surface area contributed by atoms with Gasteiger partial charge in [0.2, 0.25) is 0 Å². The van der Waals surface area contributed by atoms with Gasteiger partial charge in [0.05, 0.1) is 22.1 Å². The standard InChI is InChI=1S/C18H12ClNO/c19-13-7-1-2-8-14(13)20-15-9-3-5-11-17(15)21-18-12-6-4-10-16(18)20/h1-12H. The van der Waals surface area contributed by atoms with E-state index < -0.39 is 0 Å². The summed E-state index contributed by atoms with van der Waals surface area (Å²) in [5.41, 5.74) is 2.93. The van der Waals surface area contributed by atoms with Crippen molar-refractivity contribution < 1.29 is 4.74 Å². The second-order valence-electron chi connectivity index (χ2n) is 4.82. The molecule has 4 rings (SSSR count). The third kappa shape index (κ3) is 1.96. The summed E-state index contributed by atoms with van der Waals surface area (Å²) in [6.45, 7) is 0. The first-order chi connectivity index (χ1) is 10.3. The minimum absolute atomic E-state index is 0.712. The van der Waals surface area contributed by atoms with Gasteiger partial charge in [-0.2, -0.15) is 0 Å². The van der Waals surface area contributed by atoms with Crippen LogP contribution in [-0.2, 0) is 0 Å². The number of anilines is 3. The quantitative estimate of drug-likeness (QED) is 0.432. The van der Waals surface area contributed by atoms with Crippen LogP contribution in [0.15, 0.2) is 72.8 Å². The van der Waals surface area contributed by atoms with Crippen LogP contribution in [0.5, 0.6) is 11.5 Å². The van der Waals surface area contributed by atoms with Gasteiger partial charge >= 0.3 is 0 Å². The van der Waals surface area contributed by atoms with Crippen molar-refractivity contribution in [1.29, 1.82) is 0 Å². The topological polar surface area (TPSA) is 12.5 Å². The lowest BCUT2D eigenvalue weighted by Gasteiger charge is -2.33. The van der Waals surface area contributed by atoms with Crippen molar-refractivity contribution in [2.75, 3.05) is 4.90 Å². The number of rotatable bonds is 1. The van der Waals surface area contributed by atoms with E-state index in [2.05, 4.69) is 4.90 Å². The highest BCUT2D eigenvalue weighted by Gasteiger charge is 2.26. The van der Waals surface area contributed by atoms with Crippen LogP contribution in [-0.4, -0.2) is 0 Å². The third-order valence-corrected chi connectivity index (χ3v) is 3.85. The number of para-hydroxylation sites is 5. The number of ether oxygens (including phenoxy) is 1. The second kappa shape index (κ2) is 4.83. The maximum atomic E-state index is 6.41. The van der Waals surface area contributed by atoms with Crippen molar-refractivity contribution >= 4 is 28.7 Å². The smallest absolute Gasteiger partial charge is 0.151 e. The van der Waals surface area contributed by atoms with E-state index in [-0.39, 0.29) is 0 Å². The lowest BCUT2D eigenvalue weighted by molar-refractivity contribution is 0.477. The van der Waals surface area contributed by atoms with Crippen LogP contribution in [0.4, 0.5) is 17.1 Å². The first-order valence-corrected chi connectivity index (χ1v) is 7.13. The van der Waals surface area contributed by atoms with Crippen molar-refractivity contribution in [3.05, 3.63) is 77.8 Å². The molecule has 0 saturated heterocycles. The molecule has 3 aromatic carbocycles. The average Bonchev–Trinajstić information content (AvgIpc) is 2.53. The Labute approximate surface area is 128 Å². The zero-order chi connectivity index (χ0) is 14.2. The normalized spacial score (nSPS) is 12.3. The van der Waals surface area contributed by atoms with Crippen molar-refractivity contribution in [2.45, 2.75) is 0 Å². The summed E-state index contributed by atoms with van der Waals surface area (Å²) in [6.07, 6.45) is 0. The number of fused-ring (bicyclic) bond motifs is 2. The van der Waals surface area contributed by atoms with Crippen LogP contribution in [0.3, 0.4) is 0 Å². The monoisotopic (exact) mass is 293 g/mol. The van der Waals surface area contributed by atoms with Gasteiger partial charge in [-0.25, -0.2) is 0 Å². The molecule has 0 atom stereocenters. The van der Waals surface area contributed by atoms with Gasteiger partial charge in [-0.05, 0) is 36.4 Å². The molecule has 0 radical (unpaired) electrons. The van der Waals surface area contributed by atoms with E-state index in [9.17, 15) is 0 Å². The highest BCUT2D eigenvalue weighted by atomic mass is 35.5. The molecule has 3 aromatic rings. The SMILES string of the molecule is Clc1ccccc1N1c2ccccc2Oc2ccccc21. The van der Waals surface area contributed by atoms with Crippen molar-refractivity contribution in [3.8, 4) is 11.5 Å². The lowest BCUT2D eigenvalue weighted by atomic mass is 10.1. The fourth-order valence-corrected chi connectivity index (χ4v) is 2.82. The number of benzene rings is 3. The molecule has 21 heavy (non-hydrogen) atoms. The molecule has 1 aliphatic heterocycles. The molecule has 0 aliphatic carbocycles. The molecule has 0 unspecified atom stereocenters. The van der Waals surface area contributed by atoms with Crippen molar-refractivity contribution in [3.63, 3.8) is 0 Å².